The zero-order valence-electron chi connectivity index (χ0n) is 59.5. The number of benzene rings is 6. The van der Waals surface area contributed by atoms with Crippen LogP contribution in [0.2, 0.25) is 0 Å². The van der Waals surface area contributed by atoms with E-state index in [0.29, 0.717) is 50.0 Å². The molecule has 0 bridgehead atoms. The van der Waals surface area contributed by atoms with Crippen molar-refractivity contribution < 1.29 is 42.5 Å². The van der Waals surface area contributed by atoms with Crippen molar-refractivity contribution in [1.82, 2.24) is 0 Å². The molecular weight excluding hydrogens is 1120 g/mol. The lowest BCUT2D eigenvalue weighted by atomic mass is 9.79. The molecule has 0 saturated heterocycles. The molecule has 476 valence electrons. The standard InChI is InChI=1S/C76H108O9P2/c1-69(2,3)51-37-47(38-52(65(51)82-29)70(4,5)6)86(48-39-53(71(7,8)9)66(83-30)54(40-48)72(10,11)12)61-35-45(78-25)33-59(80-27)63(61)64-60(81-28)34-46(79-26)36-62(64)87(77,49-41-55(73(13,14)15)67(84-31)56(42-49)74(16,17)18)50-43-57(75(19,20)21)68(85-32)58(44-50)76(22,23)24/h33-44H,1-32H3. The molecule has 6 aromatic carbocycles. The molecule has 6 aromatic rings. The Labute approximate surface area is 527 Å². The van der Waals surface area contributed by atoms with E-state index >= 15 is 4.57 Å². The van der Waals surface area contributed by atoms with E-state index in [9.17, 15) is 0 Å². The maximum Gasteiger partial charge on any atom is 0.171 e. The van der Waals surface area contributed by atoms with Crippen molar-refractivity contribution in [3.05, 3.63) is 117 Å². The summed E-state index contributed by atoms with van der Waals surface area (Å²) in [6, 6.07) is 26.0. The molecule has 0 amide bonds. The van der Waals surface area contributed by atoms with Crippen molar-refractivity contribution in [1.29, 1.82) is 0 Å². The van der Waals surface area contributed by atoms with Crippen LogP contribution >= 0.6 is 15.1 Å². The summed E-state index contributed by atoms with van der Waals surface area (Å²) in [5, 5.41) is 4.84. The number of hydrogen-bond acceptors (Lipinski definition) is 9. The van der Waals surface area contributed by atoms with E-state index in [2.05, 4.69) is 221 Å². The molecule has 0 aliphatic rings. The van der Waals surface area contributed by atoms with Gasteiger partial charge in [0.2, 0.25) is 0 Å². The maximum absolute atomic E-state index is 19.1. The lowest BCUT2D eigenvalue weighted by Crippen LogP contribution is -2.33. The highest BCUT2D eigenvalue weighted by Gasteiger charge is 2.44. The summed E-state index contributed by atoms with van der Waals surface area (Å²) in [6.07, 6.45) is 0. The number of ether oxygens (including phenoxy) is 8. The van der Waals surface area contributed by atoms with Crippen molar-refractivity contribution in [2.75, 3.05) is 56.9 Å². The minimum absolute atomic E-state index is 0.352. The number of rotatable bonds is 15. The lowest BCUT2D eigenvalue weighted by molar-refractivity contribution is 0.381. The summed E-state index contributed by atoms with van der Waals surface area (Å²) in [6.45, 7) is 53.3. The van der Waals surface area contributed by atoms with Crippen LogP contribution in [-0.2, 0) is 47.9 Å². The second kappa shape index (κ2) is 24.6. The maximum atomic E-state index is 19.1. The predicted octanol–water partition coefficient (Wildman–Crippen LogP) is 17.2. The monoisotopic (exact) mass is 1230 g/mol. The first kappa shape index (κ1) is 70.5. The molecule has 0 saturated carbocycles. The first-order chi connectivity index (χ1) is 39.7. The molecule has 0 atom stereocenters. The molecule has 87 heavy (non-hydrogen) atoms. The van der Waals surface area contributed by atoms with Crippen LogP contribution in [0.15, 0.2) is 72.8 Å². The quantitative estimate of drug-likeness (QED) is 0.0933. The van der Waals surface area contributed by atoms with Gasteiger partial charge in [0.05, 0.1) is 56.9 Å². The van der Waals surface area contributed by atoms with Crippen LogP contribution in [0, 0.1) is 0 Å². The van der Waals surface area contributed by atoms with Crippen molar-refractivity contribution in [3.63, 3.8) is 0 Å². The van der Waals surface area contributed by atoms with Gasteiger partial charge in [-0.15, -0.1) is 0 Å². The highest BCUT2D eigenvalue weighted by molar-refractivity contribution is 7.85. The van der Waals surface area contributed by atoms with Crippen LogP contribution < -0.4 is 69.7 Å². The molecule has 0 aromatic heterocycles. The van der Waals surface area contributed by atoms with Gasteiger partial charge in [-0.1, -0.05) is 166 Å². The van der Waals surface area contributed by atoms with Gasteiger partial charge in [-0.05, 0) is 123 Å². The van der Waals surface area contributed by atoms with Gasteiger partial charge in [-0.2, -0.15) is 0 Å². The summed E-state index contributed by atoms with van der Waals surface area (Å²) in [5.74, 6) is 5.30. The van der Waals surface area contributed by atoms with E-state index < -0.39 is 36.7 Å². The molecule has 6 rings (SSSR count). The van der Waals surface area contributed by atoms with E-state index in [1.807, 2.05) is 18.2 Å². The Kier molecular flexibility index (Phi) is 20.0. The topological polar surface area (TPSA) is 90.9 Å². The summed E-state index contributed by atoms with van der Waals surface area (Å²) < 4.78 is 71.4. The van der Waals surface area contributed by atoms with Gasteiger partial charge in [0.15, 0.2) is 7.14 Å². The predicted molar refractivity (Wildman–Crippen MR) is 372 cm³/mol. The lowest BCUT2D eigenvalue weighted by Gasteiger charge is -2.35. The third-order valence-electron chi connectivity index (χ3n) is 16.7. The van der Waals surface area contributed by atoms with E-state index in [1.54, 1.807) is 56.9 Å². The van der Waals surface area contributed by atoms with Crippen molar-refractivity contribution in [2.45, 2.75) is 209 Å². The summed E-state index contributed by atoms with van der Waals surface area (Å²) in [5.41, 5.74) is 6.13. The zero-order valence-corrected chi connectivity index (χ0v) is 61.3. The first-order valence-corrected chi connectivity index (χ1v) is 33.6. The molecular formula is C76H108O9P2. The Morgan fingerprint density at radius 3 is 0.759 bits per heavy atom. The Bertz CT molecular complexity index is 3250. The highest BCUT2D eigenvalue weighted by Crippen LogP contribution is 2.57. The van der Waals surface area contributed by atoms with E-state index in [-0.39, 0.29) is 21.7 Å². The Balaban J connectivity index is 2.12. The fraction of sp³-hybridized carbons (Fsp3) is 0.526. The third-order valence-corrected chi connectivity index (χ3v) is 22.1. The molecule has 9 nitrogen and oxygen atoms in total. The van der Waals surface area contributed by atoms with Gasteiger partial charge in [-0.3, -0.25) is 0 Å². The molecule has 0 fully saturated rings. The minimum atomic E-state index is -4.27. The second-order valence-corrected chi connectivity index (χ2v) is 36.6. The van der Waals surface area contributed by atoms with Crippen LogP contribution in [0.3, 0.4) is 0 Å². The van der Waals surface area contributed by atoms with Gasteiger partial charge >= 0.3 is 0 Å². The van der Waals surface area contributed by atoms with E-state index in [4.69, 9.17) is 37.9 Å². The summed E-state index contributed by atoms with van der Waals surface area (Å²) in [7, 11) is 7.83. The van der Waals surface area contributed by atoms with Crippen molar-refractivity contribution in [2.24, 2.45) is 0 Å². The van der Waals surface area contributed by atoms with Crippen LogP contribution in [0.5, 0.6) is 46.0 Å². The van der Waals surface area contributed by atoms with Gasteiger partial charge in [0.1, 0.15) is 46.0 Å². The molecule has 0 heterocycles. The fourth-order valence-corrected chi connectivity index (χ4v) is 17.4. The van der Waals surface area contributed by atoms with Crippen LogP contribution in [0.4, 0.5) is 0 Å². The third kappa shape index (κ3) is 13.9. The van der Waals surface area contributed by atoms with Gasteiger partial charge in [0, 0.05) is 89.0 Å². The Hall–Kier alpha value is -5.62. The van der Waals surface area contributed by atoms with Gasteiger partial charge < -0.3 is 42.5 Å². The summed E-state index contributed by atoms with van der Waals surface area (Å²) in [4.78, 5) is 0. The van der Waals surface area contributed by atoms with E-state index in [0.717, 1.165) is 83.4 Å². The molecule has 0 N–H and O–H groups in total. The Morgan fingerprint density at radius 1 is 0.287 bits per heavy atom. The second-order valence-electron chi connectivity index (χ2n) is 31.7. The van der Waals surface area contributed by atoms with Crippen molar-refractivity contribution >= 4 is 46.9 Å². The molecule has 0 aliphatic carbocycles. The largest absolute Gasteiger partial charge is 0.497 e. The van der Waals surface area contributed by atoms with Crippen LogP contribution in [-0.4, -0.2) is 56.9 Å². The first-order valence-electron chi connectivity index (χ1n) is 30.6. The van der Waals surface area contributed by atoms with E-state index in [1.165, 1.54) is 0 Å². The minimum Gasteiger partial charge on any atom is -0.497 e. The molecule has 0 spiro atoms. The normalized spacial score (nSPS) is 13.2. The fourth-order valence-electron chi connectivity index (χ4n) is 11.9. The zero-order chi connectivity index (χ0) is 66.1. The Morgan fingerprint density at radius 2 is 0.529 bits per heavy atom. The average Bonchev–Trinajstić information content (AvgIpc) is 0.739. The van der Waals surface area contributed by atoms with Gasteiger partial charge in [-0.25, -0.2) is 0 Å². The highest BCUT2D eigenvalue weighted by atomic mass is 31.2. The molecule has 0 radical (unpaired) electrons. The SMILES string of the molecule is COc1cc(OC)c(-c2c(OC)cc(OC)cc2P(=O)(c2cc(C(C)(C)C)c(OC)c(C(C)(C)C)c2)c2cc(C(C)(C)C)c(OC)c(C(C)(C)C)c2)c(P(c2cc(C(C)(C)C)c(OC)c(C(C)(C)C)c2)c2cc(C(C)(C)C)c(OC)c(C(C)(C)C)c2)c1. The van der Waals surface area contributed by atoms with Crippen LogP contribution in [0.25, 0.3) is 11.1 Å². The molecule has 0 aliphatic heterocycles. The molecule has 0 unspecified atom stereocenters. The van der Waals surface area contributed by atoms with Gasteiger partial charge in [0.25, 0.3) is 0 Å². The molecule has 11 heteroatoms. The average molecular weight is 1230 g/mol. The number of hydrogen-bond donors (Lipinski definition) is 0. The summed E-state index contributed by atoms with van der Waals surface area (Å²) >= 11 is 0. The van der Waals surface area contributed by atoms with Crippen molar-refractivity contribution in [3.8, 4) is 57.1 Å². The smallest absolute Gasteiger partial charge is 0.171 e. The number of methoxy groups -OCH3 is 8. The van der Waals surface area contributed by atoms with Crippen LogP contribution in [0.1, 0.15) is 211 Å².